The van der Waals surface area contributed by atoms with E-state index in [-0.39, 0.29) is 11.9 Å². The zero-order valence-electron chi connectivity index (χ0n) is 18.6. The van der Waals surface area contributed by atoms with Crippen LogP contribution in [0.1, 0.15) is 65.0 Å². The molecule has 2 aromatic carbocycles. The summed E-state index contributed by atoms with van der Waals surface area (Å²) in [6, 6.07) is 18.6. The van der Waals surface area contributed by atoms with Crippen LogP contribution in [-0.2, 0) is 12.8 Å². The van der Waals surface area contributed by atoms with E-state index in [4.69, 9.17) is 4.98 Å². The normalized spacial score (nSPS) is 14.2. The Morgan fingerprint density at radius 2 is 1.88 bits per heavy atom. The number of amides is 1. The molecule has 1 N–H and O–H groups in total. The van der Waals surface area contributed by atoms with Gasteiger partial charge in [-0.25, -0.2) is 9.67 Å². The zero-order chi connectivity index (χ0) is 22.1. The second-order valence-corrected chi connectivity index (χ2v) is 8.59. The Morgan fingerprint density at radius 1 is 1.06 bits per heavy atom. The number of hydrogen-bond acceptors (Lipinski definition) is 3. The molecule has 1 atom stereocenters. The minimum atomic E-state index is -0.0980. The van der Waals surface area contributed by atoms with Crippen molar-refractivity contribution in [3.8, 4) is 5.82 Å². The van der Waals surface area contributed by atoms with Gasteiger partial charge in [0.15, 0.2) is 5.82 Å². The van der Waals surface area contributed by atoms with Crippen LogP contribution in [0.3, 0.4) is 0 Å². The van der Waals surface area contributed by atoms with E-state index in [9.17, 15) is 4.79 Å². The molecule has 0 saturated heterocycles. The molecule has 0 radical (unpaired) electrons. The number of nitrogens with one attached hydrogen (secondary N) is 1. The predicted molar refractivity (Wildman–Crippen MR) is 127 cm³/mol. The highest BCUT2D eigenvalue weighted by molar-refractivity contribution is 5.95. The van der Waals surface area contributed by atoms with Crippen LogP contribution in [0, 0.1) is 6.92 Å². The fourth-order valence-corrected chi connectivity index (χ4v) is 4.66. The van der Waals surface area contributed by atoms with Crippen LogP contribution in [0.5, 0.6) is 0 Å². The first kappa shape index (κ1) is 20.4. The van der Waals surface area contributed by atoms with Crippen LogP contribution in [0.25, 0.3) is 16.7 Å². The smallest absolute Gasteiger partial charge is 0.255 e. The SMILES string of the molecule is CCC(NC(=O)c1cnn(-c2ccc3ccccc3n2)c1C)c1ccc2c(c1)CCCC2. The third kappa shape index (κ3) is 3.79. The van der Waals surface area contributed by atoms with E-state index in [2.05, 4.69) is 35.5 Å². The van der Waals surface area contributed by atoms with Gasteiger partial charge in [-0.1, -0.05) is 43.3 Å². The Hall–Kier alpha value is -3.47. The van der Waals surface area contributed by atoms with Crippen LogP contribution < -0.4 is 5.32 Å². The molecular weight excluding hydrogens is 396 g/mol. The fourth-order valence-electron chi connectivity index (χ4n) is 4.66. The van der Waals surface area contributed by atoms with Gasteiger partial charge in [0.1, 0.15) is 0 Å². The van der Waals surface area contributed by atoms with Crippen molar-refractivity contribution in [2.75, 3.05) is 0 Å². The molecule has 0 saturated carbocycles. The Morgan fingerprint density at radius 3 is 2.72 bits per heavy atom. The Labute approximate surface area is 188 Å². The predicted octanol–water partition coefficient (Wildman–Crippen LogP) is 5.49. The second kappa shape index (κ2) is 8.58. The first-order chi connectivity index (χ1) is 15.6. The van der Waals surface area contributed by atoms with Gasteiger partial charge >= 0.3 is 0 Å². The van der Waals surface area contributed by atoms with Crippen molar-refractivity contribution >= 4 is 16.8 Å². The van der Waals surface area contributed by atoms with Crippen molar-refractivity contribution in [3.05, 3.63) is 88.7 Å². The third-order valence-corrected chi connectivity index (χ3v) is 6.54. The largest absolute Gasteiger partial charge is 0.345 e. The molecule has 5 rings (SSSR count). The molecule has 0 fully saturated rings. The van der Waals surface area contributed by atoms with Crippen molar-refractivity contribution in [2.24, 2.45) is 0 Å². The molecule has 0 spiro atoms. The summed E-state index contributed by atoms with van der Waals surface area (Å²) in [5, 5.41) is 8.78. The Bertz CT molecular complexity index is 1290. The monoisotopic (exact) mass is 424 g/mol. The van der Waals surface area contributed by atoms with E-state index in [1.54, 1.807) is 10.9 Å². The van der Waals surface area contributed by atoms with Crippen LogP contribution in [0.2, 0.25) is 0 Å². The molecular formula is C27H28N4O. The number of aryl methyl sites for hydroxylation is 2. The van der Waals surface area contributed by atoms with Crippen molar-refractivity contribution < 1.29 is 4.79 Å². The summed E-state index contributed by atoms with van der Waals surface area (Å²) in [6.45, 7) is 4.03. The fraction of sp³-hybridized carbons (Fsp3) is 0.296. The lowest BCUT2D eigenvalue weighted by molar-refractivity contribution is 0.0935. The van der Waals surface area contributed by atoms with E-state index in [0.29, 0.717) is 11.4 Å². The maximum absolute atomic E-state index is 13.2. The van der Waals surface area contributed by atoms with Gasteiger partial charge in [-0.05, 0) is 73.9 Å². The number of carbonyl (C=O) groups excluding carboxylic acids is 1. The molecule has 4 aromatic rings. The molecule has 5 nitrogen and oxygen atoms in total. The minimum Gasteiger partial charge on any atom is -0.345 e. The highest BCUT2D eigenvalue weighted by Crippen LogP contribution is 2.26. The molecule has 32 heavy (non-hydrogen) atoms. The van der Waals surface area contributed by atoms with Gasteiger partial charge < -0.3 is 5.32 Å². The lowest BCUT2D eigenvalue weighted by atomic mass is 9.88. The summed E-state index contributed by atoms with van der Waals surface area (Å²) >= 11 is 0. The maximum Gasteiger partial charge on any atom is 0.255 e. The molecule has 0 bridgehead atoms. The van der Waals surface area contributed by atoms with Gasteiger partial charge in [-0.2, -0.15) is 5.10 Å². The van der Waals surface area contributed by atoms with Gasteiger partial charge in [0.2, 0.25) is 0 Å². The number of aromatic nitrogens is 3. The lowest BCUT2D eigenvalue weighted by Crippen LogP contribution is -2.28. The molecule has 5 heteroatoms. The number of para-hydroxylation sites is 1. The molecule has 1 unspecified atom stereocenters. The number of carbonyl (C=O) groups is 1. The second-order valence-electron chi connectivity index (χ2n) is 8.59. The number of hydrogen-bond donors (Lipinski definition) is 1. The van der Waals surface area contributed by atoms with Gasteiger partial charge in [0, 0.05) is 5.39 Å². The quantitative estimate of drug-likeness (QED) is 0.461. The molecule has 162 valence electrons. The number of rotatable bonds is 5. The summed E-state index contributed by atoms with van der Waals surface area (Å²) in [4.78, 5) is 17.9. The average Bonchev–Trinajstić information content (AvgIpc) is 3.23. The summed E-state index contributed by atoms with van der Waals surface area (Å²) in [6.07, 6.45) is 7.31. The van der Waals surface area contributed by atoms with Crippen molar-refractivity contribution in [2.45, 2.75) is 52.0 Å². The van der Waals surface area contributed by atoms with E-state index < -0.39 is 0 Å². The Balaban J connectivity index is 1.39. The van der Waals surface area contributed by atoms with Gasteiger partial charge in [0.25, 0.3) is 5.91 Å². The molecule has 1 aliphatic carbocycles. The average molecular weight is 425 g/mol. The third-order valence-electron chi connectivity index (χ3n) is 6.54. The first-order valence-corrected chi connectivity index (χ1v) is 11.5. The molecule has 1 aliphatic rings. The summed E-state index contributed by atoms with van der Waals surface area (Å²) in [5.74, 6) is 0.612. The van der Waals surface area contributed by atoms with Crippen LogP contribution >= 0.6 is 0 Å². The van der Waals surface area contributed by atoms with E-state index in [1.165, 1.54) is 36.0 Å². The molecule has 2 aromatic heterocycles. The Kier molecular flexibility index (Phi) is 5.48. The van der Waals surface area contributed by atoms with Gasteiger partial charge in [-0.15, -0.1) is 0 Å². The van der Waals surface area contributed by atoms with E-state index in [0.717, 1.165) is 29.4 Å². The molecule has 1 amide bonds. The highest BCUT2D eigenvalue weighted by Gasteiger charge is 2.20. The zero-order valence-corrected chi connectivity index (χ0v) is 18.6. The summed E-state index contributed by atoms with van der Waals surface area (Å²) < 4.78 is 1.74. The first-order valence-electron chi connectivity index (χ1n) is 11.5. The minimum absolute atomic E-state index is 0.0173. The van der Waals surface area contributed by atoms with Crippen molar-refractivity contribution in [3.63, 3.8) is 0 Å². The number of fused-ring (bicyclic) bond motifs is 2. The summed E-state index contributed by atoms with van der Waals surface area (Å²) in [5.41, 5.74) is 6.35. The van der Waals surface area contributed by atoms with Gasteiger partial charge in [0.05, 0.1) is 29.0 Å². The van der Waals surface area contributed by atoms with Crippen LogP contribution in [0.15, 0.2) is 60.8 Å². The number of benzene rings is 2. The molecule has 0 aliphatic heterocycles. The van der Waals surface area contributed by atoms with Crippen LogP contribution in [-0.4, -0.2) is 20.7 Å². The molecule has 2 heterocycles. The van der Waals surface area contributed by atoms with Gasteiger partial charge in [-0.3, -0.25) is 4.79 Å². The number of pyridine rings is 1. The highest BCUT2D eigenvalue weighted by atomic mass is 16.1. The van der Waals surface area contributed by atoms with E-state index >= 15 is 0 Å². The topological polar surface area (TPSA) is 59.8 Å². The lowest BCUT2D eigenvalue weighted by Gasteiger charge is -2.21. The maximum atomic E-state index is 13.2. The van der Waals surface area contributed by atoms with E-state index in [1.807, 2.05) is 43.3 Å². The van der Waals surface area contributed by atoms with Crippen molar-refractivity contribution in [1.82, 2.24) is 20.1 Å². The summed E-state index contributed by atoms with van der Waals surface area (Å²) in [7, 11) is 0. The number of nitrogens with zero attached hydrogens (tertiary/aromatic N) is 3. The van der Waals surface area contributed by atoms with Crippen molar-refractivity contribution in [1.29, 1.82) is 0 Å². The standard InChI is InChI=1S/C27H28N4O/c1-3-24(22-13-12-19-8-4-5-10-21(19)16-22)30-27(32)23-17-28-31(18(23)2)26-15-14-20-9-6-7-11-25(20)29-26/h6-7,9,11-17,24H,3-5,8,10H2,1-2H3,(H,30,32). The van der Waals surface area contributed by atoms with Crippen LogP contribution in [0.4, 0.5) is 0 Å².